The first-order chi connectivity index (χ1) is 8.71. The quantitative estimate of drug-likeness (QED) is 0.847. The number of hydrogen-bond acceptors (Lipinski definition) is 1. The Bertz CT molecular complexity index is 426. The molecule has 19 heavy (non-hydrogen) atoms. The lowest BCUT2D eigenvalue weighted by Gasteiger charge is -2.27. The van der Waals surface area contributed by atoms with Crippen LogP contribution in [0, 0.1) is 0 Å². The van der Waals surface area contributed by atoms with Gasteiger partial charge in [-0.05, 0) is 29.9 Å². The number of hydrogen-bond donors (Lipinski definition) is 1. The summed E-state index contributed by atoms with van der Waals surface area (Å²) in [7, 11) is 0. The fourth-order valence-electron chi connectivity index (χ4n) is 2.24. The molecule has 1 aromatic carbocycles. The summed E-state index contributed by atoms with van der Waals surface area (Å²) < 4.78 is 0. The lowest BCUT2D eigenvalue weighted by atomic mass is 9.77. The van der Waals surface area contributed by atoms with Crippen molar-refractivity contribution in [2.75, 3.05) is 0 Å². The molecule has 0 aliphatic rings. The molecule has 0 saturated heterocycles. The maximum Gasteiger partial charge on any atom is 0.313 e. The van der Waals surface area contributed by atoms with E-state index in [-0.39, 0.29) is 5.41 Å². The van der Waals surface area contributed by atoms with Gasteiger partial charge in [-0.25, -0.2) is 0 Å². The summed E-state index contributed by atoms with van der Waals surface area (Å²) in [4.78, 5) is 11.6. The van der Waals surface area contributed by atoms with Crippen molar-refractivity contribution in [3.8, 4) is 0 Å². The van der Waals surface area contributed by atoms with Gasteiger partial charge in [0.15, 0.2) is 0 Å². The number of unbranched alkanes of at least 4 members (excludes halogenated alkanes) is 1. The largest absolute Gasteiger partial charge is 0.481 e. The van der Waals surface area contributed by atoms with Gasteiger partial charge in [0.05, 0.1) is 5.41 Å². The molecule has 1 aromatic rings. The lowest BCUT2D eigenvalue weighted by molar-refractivity contribution is -0.143. The van der Waals surface area contributed by atoms with Crippen molar-refractivity contribution < 1.29 is 9.90 Å². The molecule has 0 amide bonds. The van der Waals surface area contributed by atoms with Crippen LogP contribution < -0.4 is 0 Å². The van der Waals surface area contributed by atoms with E-state index in [0.717, 1.165) is 18.4 Å². The van der Waals surface area contributed by atoms with Gasteiger partial charge in [-0.1, -0.05) is 64.8 Å². The van der Waals surface area contributed by atoms with Gasteiger partial charge in [-0.15, -0.1) is 0 Å². The summed E-state index contributed by atoms with van der Waals surface area (Å²) >= 11 is 0. The average molecular weight is 262 g/mol. The Kier molecular flexibility index (Phi) is 4.78. The standard InChI is InChI=1S/C17H26O2/c1-6-7-12-17(5,15(18)19)14-10-8-13(9-11-14)16(2,3)4/h8-11H,6-7,12H2,1-5H3,(H,18,19). The molecule has 1 unspecified atom stereocenters. The van der Waals surface area contributed by atoms with Crippen LogP contribution in [0.2, 0.25) is 0 Å². The SMILES string of the molecule is CCCCC(C)(C(=O)O)c1ccc(C(C)(C)C)cc1. The van der Waals surface area contributed by atoms with Crippen LogP contribution >= 0.6 is 0 Å². The van der Waals surface area contributed by atoms with Gasteiger partial charge in [-0.3, -0.25) is 4.79 Å². The van der Waals surface area contributed by atoms with E-state index in [1.165, 1.54) is 5.56 Å². The fourth-order valence-corrected chi connectivity index (χ4v) is 2.24. The zero-order valence-electron chi connectivity index (χ0n) is 12.8. The molecule has 1 N–H and O–H groups in total. The number of carboxylic acid groups (broad SMARTS) is 1. The first kappa shape index (κ1) is 15.7. The van der Waals surface area contributed by atoms with Crippen molar-refractivity contribution in [3.63, 3.8) is 0 Å². The topological polar surface area (TPSA) is 37.3 Å². The molecule has 0 aromatic heterocycles. The van der Waals surface area contributed by atoms with Gasteiger partial charge in [-0.2, -0.15) is 0 Å². The number of carbonyl (C=O) groups is 1. The van der Waals surface area contributed by atoms with Crippen molar-refractivity contribution in [2.24, 2.45) is 0 Å². The molecule has 2 nitrogen and oxygen atoms in total. The summed E-state index contributed by atoms with van der Waals surface area (Å²) in [5.74, 6) is -0.732. The van der Waals surface area contributed by atoms with Crippen molar-refractivity contribution in [1.29, 1.82) is 0 Å². The molecule has 0 aliphatic carbocycles. The molecule has 1 rings (SSSR count). The summed E-state index contributed by atoms with van der Waals surface area (Å²) in [6.45, 7) is 10.4. The predicted octanol–water partition coefficient (Wildman–Crippen LogP) is 4.52. The normalized spacial score (nSPS) is 15.0. The Balaban J connectivity index is 3.08. The third-order valence-electron chi connectivity index (χ3n) is 3.89. The summed E-state index contributed by atoms with van der Waals surface area (Å²) in [6, 6.07) is 8.07. The fraction of sp³-hybridized carbons (Fsp3) is 0.588. The van der Waals surface area contributed by atoms with Crippen molar-refractivity contribution >= 4 is 5.97 Å². The van der Waals surface area contributed by atoms with Crippen molar-refractivity contribution in [3.05, 3.63) is 35.4 Å². The number of benzene rings is 1. The molecule has 0 aliphatic heterocycles. The zero-order valence-corrected chi connectivity index (χ0v) is 12.8. The molecule has 0 saturated carbocycles. The van der Waals surface area contributed by atoms with E-state index in [4.69, 9.17) is 0 Å². The molecular weight excluding hydrogens is 236 g/mol. The maximum atomic E-state index is 11.6. The number of rotatable bonds is 5. The monoisotopic (exact) mass is 262 g/mol. The van der Waals surface area contributed by atoms with E-state index in [1.807, 2.05) is 19.1 Å². The number of aliphatic carboxylic acids is 1. The summed E-state index contributed by atoms with van der Waals surface area (Å²) in [5.41, 5.74) is 1.47. The van der Waals surface area contributed by atoms with Gasteiger partial charge < -0.3 is 5.11 Å². The Hall–Kier alpha value is -1.31. The predicted molar refractivity (Wildman–Crippen MR) is 79.7 cm³/mol. The summed E-state index contributed by atoms with van der Waals surface area (Å²) in [6.07, 6.45) is 2.64. The minimum absolute atomic E-state index is 0.0988. The van der Waals surface area contributed by atoms with E-state index in [9.17, 15) is 9.90 Å². The van der Waals surface area contributed by atoms with Crippen molar-refractivity contribution in [1.82, 2.24) is 0 Å². The lowest BCUT2D eigenvalue weighted by Crippen LogP contribution is -2.32. The van der Waals surface area contributed by atoms with Gasteiger partial charge in [0.1, 0.15) is 0 Å². The van der Waals surface area contributed by atoms with E-state index in [0.29, 0.717) is 6.42 Å². The molecule has 0 fully saturated rings. The average Bonchev–Trinajstić information content (AvgIpc) is 2.34. The van der Waals surface area contributed by atoms with E-state index >= 15 is 0 Å². The second kappa shape index (κ2) is 5.77. The molecular formula is C17H26O2. The second-order valence-electron chi connectivity index (χ2n) is 6.57. The molecule has 0 radical (unpaired) electrons. The smallest absolute Gasteiger partial charge is 0.313 e. The van der Waals surface area contributed by atoms with Crippen LogP contribution in [-0.4, -0.2) is 11.1 Å². The summed E-state index contributed by atoms with van der Waals surface area (Å²) in [5, 5.41) is 9.54. The first-order valence-corrected chi connectivity index (χ1v) is 7.06. The molecule has 2 heteroatoms. The molecule has 1 atom stereocenters. The van der Waals surface area contributed by atoms with Crippen LogP contribution in [0.25, 0.3) is 0 Å². The van der Waals surface area contributed by atoms with Crippen LogP contribution in [0.5, 0.6) is 0 Å². The van der Waals surface area contributed by atoms with E-state index in [2.05, 4.69) is 39.8 Å². The zero-order chi connectivity index (χ0) is 14.7. The van der Waals surface area contributed by atoms with Gasteiger partial charge in [0.25, 0.3) is 0 Å². The van der Waals surface area contributed by atoms with Crippen LogP contribution in [-0.2, 0) is 15.6 Å². The maximum absolute atomic E-state index is 11.6. The van der Waals surface area contributed by atoms with Crippen LogP contribution in [0.4, 0.5) is 0 Å². The van der Waals surface area contributed by atoms with Gasteiger partial charge in [0.2, 0.25) is 0 Å². The van der Waals surface area contributed by atoms with E-state index < -0.39 is 11.4 Å². The highest BCUT2D eigenvalue weighted by Gasteiger charge is 2.34. The van der Waals surface area contributed by atoms with Gasteiger partial charge >= 0.3 is 5.97 Å². The Morgan fingerprint density at radius 2 is 1.53 bits per heavy atom. The third kappa shape index (κ3) is 3.59. The van der Waals surface area contributed by atoms with Crippen LogP contribution in [0.3, 0.4) is 0 Å². The highest BCUT2D eigenvalue weighted by atomic mass is 16.4. The molecule has 106 valence electrons. The van der Waals surface area contributed by atoms with Gasteiger partial charge in [0, 0.05) is 0 Å². The highest BCUT2D eigenvalue weighted by molar-refractivity contribution is 5.80. The molecule has 0 heterocycles. The van der Waals surface area contributed by atoms with Crippen LogP contribution in [0.1, 0.15) is 65.0 Å². The highest BCUT2D eigenvalue weighted by Crippen LogP contribution is 2.32. The third-order valence-corrected chi connectivity index (χ3v) is 3.89. The van der Waals surface area contributed by atoms with Crippen molar-refractivity contribution in [2.45, 2.75) is 64.7 Å². The molecule has 0 bridgehead atoms. The second-order valence-corrected chi connectivity index (χ2v) is 6.57. The Labute approximate surface area is 116 Å². The number of carboxylic acids is 1. The minimum atomic E-state index is -0.771. The van der Waals surface area contributed by atoms with Crippen LogP contribution in [0.15, 0.2) is 24.3 Å². The van der Waals surface area contributed by atoms with E-state index in [1.54, 1.807) is 0 Å². The Morgan fingerprint density at radius 1 is 1.05 bits per heavy atom. The first-order valence-electron chi connectivity index (χ1n) is 7.06. The minimum Gasteiger partial charge on any atom is -0.481 e. The Morgan fingerprint density at radius 3 is 1.89 bits per heavy atom. The molecule has 0 spiro atoms.